The standard InChI is InChI=1S/C13H11NO3/c15-13(16)10-11(8-4-2-1-3-5-8)14-17-12(10)9-6-7-9/h1-5,9H,6-7H2,(H,15,16). The van der Waals surface area contributed by atoms with Gasteiger partial charge in [-0.1, -0.05) is 35.5 Å². The Bertz CT molecular complexity index is 555. The molecule has 0 saturated heterocycles. The van der Waals surface area contributed by atoms with Crippen LogP contribution in [0.15, 0.2) is 34.9 Å². The van der Waals surface area contributed by atoms with Crippen LogP contribution < -0.4 is 0 Å². The Morgan fingerprint density at radius 3 is 2.59 bits per heavy atom. The van der Waals surface area contributed by atoms with Gasteiger partial charge in [-0.05, 0) is 12.8 Å². The lowest BCUT2D eigenvalue weighted by Crippen LogP contribution is -2.00. The number of aromatic carboxylic acids is 1. The molecule has 1 heterocycles. The van der Waals surface area contributed by atoms with E-state index < -0.39 is 5.97 Å². The van der Waals surface area contributed by atoms with Crippen LogP contribution in [-0.4, -0.2) is 16.2 Å². The number of aromatic nitrogens is 1. The molecule has 0 spiro atoms. The molecule has 1 aliphatic carbocycles. The van der Waals surface area contributed by atoms with Crippen LogP contribution in [0.5, 0.6) is 0 Å². The smallest absolute Gasteiger partial charge is 0.341 e. The average Bonchev–Trinajstić information content (AvgIpc) is 3.08. The summed E-state index contributed by atoms with van der Waals surface area (Å²) < 4.78 is 5.20. The third-order valence-electron chi connectivity index (χ3n) is 2.93. The first kappa shape index (κ1) is 10.1. The molecule has 1 aliphatic rings. The molecular formula is C13H11NO3. The molecule has 0 bridgehead atoms. The minimum atomic E-state index is -0.966. The Balaban J connectivity index is 2.14. The number of benzene rings is 1. The molecular weight excluding hydrogens is 218 g/mol. The van der Waals surface area contributed by atoms with Crippen LogP contribution in [0.3, 0.4) is 0 Å². The zero-order chi connectivity index (χ0) is 11.8. The van der Waals surface area contributed by atoms with Gasteiger partial charge in [0.25, 0.3) is 0 Å². The summed E-state index contributed by atoms with van der Waals surface area (Å²) in [6, 6.07) is 9.26. The van der Waals surface area contributed by atoms with E-state index in [1.54, 1.807) is 0 Å². The SMILES string of the molecule is O=C(O)c1c(-c2ccccc2)noc1C1CC1. The van der Waals surface area contributed by atoms with Crippen molar-refractivity contribution in [2.75, 3.05) is 0 Å². The fraction of sp³-hybridized carbons (Fsp3) is 0.231. The Morgan fingerprint density at radius 1 is 1.29 bits per heavy atom. The molecule has 0 atom stereocenters. The molecule has 0 unspecified atom stereocenters. The van der Waals surface area contributed by atoms with Gasteiger partial charge < -0.3 is 9.63 Å². The Hall–Kier alpha value is -2.10. The molecule has 3 rings (SSSR count). The summed E-state index contributed by atoms with van der Waals surface area (Å²) in [5, 5.41) is 13.2. The molecule has 0 amide bonds. The summed E-state index contributed by atoms with van der Waals surface area (Å²) >= 11 is 0. The van der Waals surface area contributed by atoms with Gasteiger partial charge in [0.2, 0.25) is 0 Å². The van der Waals surface area contributed by atoms with Crippen LogP contribution in [0.2, 0.25) is 0 Å². The van der Waals surface area contributed by atoms with Gasteiger partial charge in [0.1, 0.15) is 11.3 Å². The zero-order valence-electron chi connectivity index (χ0n) is 9.09. The van der Waals surface area contributed by atoms with Crippen molar-refractivity contribution in [3.8, 4) is 11.3 Å². The lowest BCUT2D eigenvalue weighted by molar-refractivity contribution is 0.0695. The van der Waals surface area contributed by atoms with Crippen molar-refractivity contribution < 1.29 is 14.4 Å². The van der Waals surface area contributed by atoms with Gasteiger partial charge in [0.05, 0.1) is 0 Å². The fourth-order valence-electron chi connectivity index (χ4n) is 1.93. The third kappa shape index (κ3) is 1.71. The normalized spacial score (nSPS) is 14.8. The largest absolute Gasteiger partial charge is 0.477 e. The summed E-state index contributed by atoms with van der Waals surface area (Å²) in [5.41, 5.74) is 1.43. The Kier molecular flexibility index (Phi) is 2.21. The molecule has 86 valence electrons. The van der Waals surface area contributed by atoms with Crippen LogP contribution >= 0.6 is 0 Å². The van der Waals surface area contributed by atoms with E-state index in [0.29, 0.717) is 11.5 Å². The monoisotopic (exact) mass is 229 g/mol. The molecule has 1 N–H and O–H groups in total. The van der Waals surface area contributed by atoms with Crippen LogP contribution in [0.1, 0.15) is 34.9 Å². The maximum atomic E-state index is 11.3. The van der Waals surface area contributed by atoms with Gasteiger partial charge in [0.15, 0.2) is 5.76 Å². The van der Waals surface area contributed by atoms with Crippen molar-refractivity contribution >= 4 is 5.97 Å². The number of nitrogens with zero attached hydrogens (tertiary/aromatic N) is 1. The van der Waals surface area contributed by atoms with E-state index in [9.17, 15) is 9.90 Å². The maximum Gasteiger partial charge on any atom is 0.341 e. The van der Waals surface area contributed by atoms with E-state index in [4.69, 9.17) is 4.52 Å². The quantitative estimate of drug-likeness (QED) is 0.878. The number of hydrogen-bond acceptors (Lipinski definition) is 3. The second kappa shape index (κ2) is 3.73. The molecule has 17 heavy (non-hydrogen) atoms. The summed E-state index contributed by atoms with van der Waals surface area (Å²) in [4.78, 5) is 11.3. The number of carbonyl (C=O) groups is 1. The number of carboxylic acid groups (broad SMARTS) is 1. The highest BCUT2D eigenvalue weighted by Gasteiger charge is 2.35. The van der Waals surface area contributed by atoms with E-state index >= 15 is 0 Å². The van der Waals surface area contributed by atoms with E-state index in [-0.39, 0.29) is 11.5 Å². The minimum absolute atomic E-state index is 0.221. The van der Waals surface area contributed by atoms with Crippen LogP contribution in [0, 0.1) is 0 Å². The second-order valence-corrected chi connectivity index (χ2v) is 4.22. The molecule has 1 fully saturated rings. The van der Waals surface area contributed by atoms with Crippen molar-refractivity contribution in [2.45, 2.75) is 18.8 Å². The Labute approximate surface area is 97.9 Å². The number of hydrogen-bond donors (Lipinski definition) is 1. The predicted octanol–water partition coefficient (Wildman–Crippen LogP) is 2.92. The van der Waals surface area contributed by atoms with Gasteiger partial charge >= 0.3 is 5.97 Å². The van der Waals surface area contributed by atoms with E-state index in [1.165, 1.54) is 0 Å². The number of rotatable bonds is 3. The minimum Gasteiger partial charge on any atom is -0.477 e. The van der Waals surface area contributed by atoms with Crippen molar-refractivity contribution in [1.82, 2.24) is 5.16 Å². The van der Waals surface area contributed by atoms with Gasteiger partial charge in [0, 0.05) is 11.5 Å². The average molecular weight is 229 g/mol. The second-order valence-electron chi connectivity index (χ2n) is 4.22. The lowest BCUT2D eigenvalue weighted by atomic mass is 10.0. The van der Waals surface area contributed by atoms with Crippen LogP contribution in [0.4, 0.5) is 0 Å². The van der Waals surface area contributed by atoms with Crippen molar-refractivity contribution in [3.63, 3.8) is 0 Å². The molecule has 4 heteroatoms. The summed E-state index contributed by atoms with van der Waals surface area (Å²) in [5.74, 6) is -0.200. The third-order valence-corrected chi connectivity index (χ3v) is 2.93. The first-order valence-electron chi connectivity index (χ1n) is 5.55. The molecule has 0 aliphatic heterocycles. The maximum absolute atomic E-state index is 11.3. The van der Waals surface area contributed by atoms with Crippen molar-refractivity contribution in [2.24, 2.45) is 0 Å². The van der Waals surface area contributed by atoms with Crippen LogP contribution in [0.25, 0.3) is 11.3 Å². The zero-order valence-corrected chi connectivity index (χ0v) is 9.09. The van der Waals surface area contributed by atoms with Gasteiger partial charge in [-0.3, -0.25) is 0 Å². The van der Waals surface area contributed by atoms with Gasteiger partial charge in [-0.15, -0.1) is 0 Å². The fourth-order valence-corrected chi connectivity index (χ4v) is 1.93. The van der Waals surface area contributed by atoms with E-state index in [1.807, 2.05) is 30.3 Å². The molecule has 1 aromatic heterocycles. The summed E-state index contributed by atoms with van der Waals surface area (Å²) in [6.07, 6.45) is 1.98. The molecule has 0 radical (unpaired) electrons. The first-order valence-corrected chi connectivity index (χ1v) is 5.55. The highest BCUT2D eigenvalue weighted by molar-refractivity contribution is 5.96. The predicted molar refractivity (Wildman–Crippen MR) is 60.9 cm³/mol. The highest BCUT2D eigenvalue weighted by Crippen LogP contribution is 2.43. The topological polar surface area (TPSA) is 63.3 Å². The van der Waals surface area contributed by atoms with E-state index in [2.05, 4.69) is 5.16 Å². The molecule has 2 aromatic rings. The first-order chi connectivity index (χ1) is 8.27. The van der Waals surface area contributed by atoms with Crippen molar-refractivity contribution in [3.05, 3.63) is 41.7 Å². The number of carboxylic acids is 1. The molecule has 1 aromatic carbocycles. The van der Waals surface area contributed by atoms with Gasteiger partial charge in [-0.2, -0.15) is 0 Å². The Morgan fingerprint density at radius 2 is 2.00 bits per heavy atom. The van der Waals surface area contributed by atoms with Crippen molar-refractivity contribution in [1.29, 1.82) is 0 Å². The molecule has 1 saturated carbocycles. The molecule has 4 nitrogen and oxygen atoms in total. The summed E-state index contributed by atoms with van der Waals surface area (Å²) in [7, 11) is 0. The lowest BCUT2D eigenvalue weighted by Gasteiger charge is -1.98. The summed E-state index contributed by atoms with van der Waals surface area (Å²) in [6.45, 7) is 0. The van der Waals surface area contributed by atoms with E-state index in [0.717, 1.165) is 18.4 Å². The van der Waals surface area contributed by atoms with Gasteiger partial charge in [-0.25, -0.2) is 4.79 Å². The van der Waals surface area contributed by atoms with Crippen LogP contribution in [-0.2, 0) is 0 Å². The highest BCUT2D eigenvalue weighted by atomic mass is 16.5.